The third-order valence-corrected chi connectivity index (χ3v) is 4.48. The Morgan fingerprint density at radius 3 is 2.87 bits per heavy atom. The number of rotatable bonds is 4. The molecule has 1 aromatic heterocycles. The quantitative estimate of drug-likeness (QED) is 0.943. The number of nitrogens with zero attached hydrogens (tertiary/aromatic N) is 1. The molecule has 5 nitrogen and oxygen atoms in total. The van der Waals surface area contributed by atoms with Gasteiger partial charge in [0.1, 0.15) is 18.0 Å². The van der Waals surface area contributed by atoms with Crippen LogP contribution in [0.4, 0.5) is 4.79 Å². The molecule has 0 radical (unpaired) electrons. The van der Waals surface area contributed by atoms with Gasteiger partial charge in [-0.2, -0.15) is 0 Å². The van der Waals surface area contributed by atoms with Crippen molar-refractivity contribution in [3.05, 3.63) is 59.9 Å². The van der Waals surface area contributed by atoms with E-state index in [1.165, 1.54) is 0 Å². The lowest BCUT2D eigenvalue weighted by Gasteiger charge is -2.17. The van der Waals surface area contributed by atoms with E-state index in [9.17, 15) is 4.79 Å². The predicted octanol–water partition coefficient (Wildman–Crippen LogP) is 3.02. The van der Waals surface area contributed by atoms with E-state index in [-0.39, 0.29) is 18.1 Å². The number of nitrogens with one attached hydrogen (secondary N) is 1. The molecule has 2 heterocycles. The second-order valence-corrected chi connectivity index (χ2v) is 6.05. The topological polar surface area (TPSA) is 60.5 Å². The van der Waals surface area contributed by atoms with Crippen LogP contribution < -0.4 is 10.1 Å². The van der Waals surface area contributed by atoms with Gasteiger partial charge in [-0.25, -0.2) is 4.79 Å². The monoisotopic (exact) mass is 310 g/mol. The molecule has 118 valence electrons. The molecule has 4 rings (SSSR count). The van der Waals surface area contributed by atoms with Crippen LogP contribution in [0.5, 0.6) is 5.75 Å². The summed E-state index contributed by atoms with van der Waals surface area (Å²) in [6.07, 6.45) is 3.38. The van der Waals surface area contributed by atoms with Crippen LogP contribution in [-0.4, -0.2) is 23.2 Å². The van der Waals surface area contributed by atoms with Crippen molar-refractivity contribution in [3.8, 4) is 5.75 Å². The maximum atomic E-state index is 11.9. The van der Waals surface area contributed by atoms with Crippen LogP contribution in [0, 0.1) is 0 Å². The molecule has 0 unspecified atom stereocenters. The molecule has 0 saturated heterocycles. The zero-order chi connectivity index (χ0) is 15.7. The van der Waals surface area contributed by atoms with Crippen molar-refractivity contribution in [2.75, 3.05) is 6.54 Å². The largest absolute Gasteiger partial charge is 0.485 e. The first-order chi connectivity index (χ1) is 11.3. The van der Waals surface area contributed by atoms with Crippen molar-refractivity contribution in [2.45, 2.75) is 31.0 Å². The van der Waals surface area contributed by atoms with Crippen LogP contribution in [0.3, 0.4) is 0 Å². The van der Waals surface area contributed by atoms with Crippen molar-refractivity contribution in [1.82, 2.24) is 10.3 Å². The summed E-state index contributed by atoms with van der Waals surface area (Å²) in [7, 11) is 0. The van der Waals surface area contributed by atoms with Crippen molar-refractivity contribution in [2.24, 2.45) is 0 Å². The molecule has 1 aliphatic carbocycles. The summed E-state index contributed by atoms with van der Waals surface area (Å²) in [4.78, 5) is 16.4. The Labute approximate surface area is 134 Å². The molecule has 0 bridgehead atoms. The van der Waals surface area contributed by atoms with E-state index in [1.807, 2.05) is 42.5 Å². The number of carbonyl (C=O) groups is 1. The Balaban J connectivity index is 1.35. The molecule has 23 heavy (non-hydrogen) atoms. The van der Waals surface area contributed by atoms with Gasteiger partial charge in [0.25, 0.3) is 0 Å². The summed E-state index contributed by atoms with van der Waals surface area (Å²) < 4.78 is 11.3. The number of amides is 1. The number of ether oxygens (including phenoxy) is 2. The van der Waals surface area contributed by atoms with Crippen LogP contribution >= 0.6 is 0 Å². The summed E-state index contributed by atoms with van der Waals surface area (Å²) in [5.41, 5.74) is 1.74. The highest BCUT2D eigenvalue weighted by Gasteiger charge is 2.58. The normalized spacial score (nSPS) is 19.7. The van der Waals surface area contributed by atoms with E-state index in [0.29, 0.717) is 6.54 Å². The minimum atomic E-state index is -0.408. The highest BCUT2D eigenvalue weighted by Crippen LogP contribution is 2.56. The summed E-state index contributed by atoms with van der Waals surface area (Å²) >= 11 is 0. The van der Waals surface area contributed by atoms with Gasteiger partial charge in [-0.15, -0.1) is 0 Å². The first kappa shape index (κ1) is 14.1. The number of hydrogen-bond donors (Lipinski definition) is 1. The maximum absolute atomic E-state index is 11.9. The molecule has 2 aromatic rings. The molecule has 5 heteroatoms. The summed E-state index contributed by atoms with van der Waals surface area (Å²) in [6, 6.07) is 13.4. The SMILES string of the molecule is O=C(NC[C@@H]1c2ncccc2OC12CC2)OCc1ccccc1. The molecule has 1 aromatic carbocycles. The minimum absolute atomic E-state index is 0.1000. The van der Waals surface area contributed by atoms with Crippen LogP contribution in [0.25, 0.3) is 0 Å². The van der Waals surface area contributed by atoms with E-state index < -0.39 is 6.09 Å². The van der Waals surface area contributed by atoms with E-state index >= 15 is 0 Å². The molecule has 1 spiro atoms. The standard InChI is InChI=1S/C18H18N2O3/c21-17(22-12-13-5-2-1-3-6-13)20-11-14-16-15(7-4-10-19-16)23-18(14)8-9-18/h1-7,10,14H,8-9,11-12H2,(H,20,21)/t14-/m1/s1. The Morgan fingerprint density at radius 2 is 2.09 bits per heavy atom. The van der Waals surface area contributed by atoms with Gasteiger partial charge in [0.15, 0.2) is 0 Å². The number of alkyl carbamates (subject to hydrolysis) is 1. The third-order valence-electron chi connectivity index (χ3n) is 4.48. The average Bonchev–Trinajstić information content (AvgIpc) is 3.28. The van der Waals surface area contributed by atoms with Crippen molar-refractivity contribution < 1.29 is 14.3 Å². The first-order valence-corrected chi connectivity index (χ1v) is 7.85. The minimum Gasteiger partial charge on any atom is -0.485 e. The van der Waals surface area contributed by atoms with Gasteiger partial charge in [-0.3, -0.25) is 4.98 Å². The van der Waals surface area contributed by atoms with Gasteiger partial charge < -0.3 is 14.8 Å². The number of pyridine rings is 1. The number of benzene rings is 1. The molecule has 1 amide bonds. The van der Waals surface area contributed by atoms with E-state index in [4.69, 9.17) is 9.47 Å². The Hall–Kier alpha value is -2.56. The van der Waals surface area contributed by atoms with Gasteiger partial charge >= 0.3 is 6.09 Å². The number of carbonyl (C=O) groups excluding carboxylic acids is 1. The van der Waals surface area contributed by atoms with Gasteiger partial charge in [0, 0.05) is 12.7 Å². The number of hydrogen-bond acceptors (Lipinski definition) is 4. The van der Waals surface area contributed by atoms with Gasteiger partial charge in [-0.05, 0) is 30.5 Å². The van der Waals surface area contributed by atoms with Crippen LogP contribution in [0.15, 0.2) is 48.7 Å². The molecule has 1 aliphatic heterocycles. The van der Waals surface area contributed by atoms with Crippen LogP contribution in [0.1, 0.15) is 30.0 Å². The lowest BCUT2D eigenvalue weighted by Crippen LogP contribution is -2.34. The molecule has 2 aliphatic rings. The fourth-order valence-corrected chi connectivity index (χ4v) is 3.11. The van der Waals surface area contributed by atoms with Crippen LogP contribution in [0.2, 0.25) is 0 Å². The van der Waals surface area contributed by atoms with Gasteiger partial charge in [0.2, 0.25) is 0 Å². The van der Waals surface area contributed by atoms with Crippen molar-refractivity contribution in [1.29, 1.82) is 0 Å². The summed E-state index contributed by atoms with van der Waals surface area (Å²) in [5.74, 6) is 0.942. The first-order valence-electron chi connectivity index (χ1n) is 7.85. The van der Waals surface area contributed by atoms with Gasteiger partial charge in [0.05, 0.1) is 11.6 Å². The number of fused-ring (bicyclic) bond motifs is 1. The summed E-state index contributed by atoms with van der Waals surface area (Å²) in [5, 5.41) is 2.85. The second kappa shape index (κ2) is 5.57. The molecular formula is C18H18N2O3. The average molecular weight is 310 g/mol. The van der Waals surface area contributed by atoms with E-state index in [1.54, 1.807) is 6.20 Å². The highest BCUT2D eigenvalue weighted by molar-refractivity contribution is 5.67. The Kier molecular flexibility index (Phi) is 3.41. The predicted molar refractivity (Wildman–Crippen MR) is 84.2 cm³/mol. The lowest BCUT2D eigenvalue weighted by atomic mass is 9.98. The zero-order valence-electron chi connectivity index (χ0n) is 12.7. The third kappa shape index (κ3) is 2.74. The van der Waals surface area contributed by atoms with E-state index in [2.05, 4.69) is 10.3 Å². The Morgan fingerprint density at radius 1 is 1.26 bits per heavy atom. The fourth-order valence-electron chi connectivity index (χ4n) is 3.11. The second-order valence-electron chi connectivity index (χ2n) is 6.05. The zero-order valence-corrected chi connectivity index (χ0v) is 12.7. The lowest BCUT2D eigenvalue weighted by molar-refractivity contribution is 0.134. The van der Waals surface area contributed by atoms with Gasteiger partial charge in [-0.1, -0.05) is 30.3 Å². The summed E-state index contributed by atoms with van der Waals surface area (Å²) in [6.45, 7) is 0.755. The van der Waals surface area contributed by atoms with Crippen LogP contribution in [-0.2, 0) is 11.3 Å². The Bertz CT molecular complexity index is 713. The van der Waals surface area contributed by atoms with E-state index in [0.717, 1.165) is 29.8 Å². The highest BCUT2D eigenvalue weighted by atomic mass is 16.5. The van der Waals surface area contributed by atoms with Crippen molar-refractivity contribution >= 4 is 6.09 Å². The fraction of sp³-hybridized carbons (Fsp3) is 0.333. The van der Waals surface area contributed by atoms with Crippen molar-refractivity contribution in [3.63, 3.8) is 0 Å². The molecule has 1 fully saturated rings. The molecule has 1 N–H and O–H groups in total. The smallest absolute Gasteiger partial charge is 0.407 e. The molecule has 1 atom stereocenters. The molecular weight excluding hydrogens is 292 g/mol. The number of aromatic nitrogens is 1. The maximum Gasteiger partial charge on any atom is 0.407 e. The molecule has 1 saturated carbocycles.